The quantitative estimate of drug-likeness (QED) is 0.765. The summed E-state index contributed by atoms with van der Waals surface area (Å²) in [7, 11) is 0. The molecule has 0 heterocycles. The smallest absolute Gasteiger partial charge is 0.328 e. The lowest BCUT2D eigenvalue weighted by molar-refractivity contribution is -0.141. The van der Waals surface area contributed by atoms with Crippen LogP contribution in [0, 0.1) is 0 Å². The third kappa shape index (κ3) is 3.10. The number of amides is 1. The van der Waals surface area contributed by atoms with Gasteiger partial charge in [0, 0.05) is 5.56 Å². The van der Waals surface area contributed by atoms with Crippen molar-refractivity contribution in [3.8, 4) is 0 Å². The van der Waals surface area contributed by atoms with Crippen LogP contribution in [0.1, 0.15) is 24.2 Å². The number of anilines is 1. The van der Waals surface area contributed by atoms with Gasteiger partial charge in [0.25, 0.3) is 0 Å². The van der Waals surface area contributed by atoms with Gasteiger partial charge in [0.05, 0.1) is 10.7 Å². The van der Waals surface area contributed by atoms with Crippen molar-refractivity contribution < 1.29 is 14.7 Å². The number of nitrogens with one attached hydrogen (secondary N) is 1. The number of halogens is 1. The van der Waals surface area contributed by atoms with Gasteiger partial charge >= 0.3 is 5.97 Å². The fourth-order valence-electron chi connectivity index (χ4n) is 1.16. The maximum atomic E-state index is 10.9. The minimum Gasteiger partial charge on any atom is -0.480 e. The first kappa shape index (κ1) is 13.3. The van der Waals surface area contributed by atoms with Gasteiger partial charge in [-0.3, -0.25) is 4.79 Å². The Morgan fingerprint density at radius 3 is 2.41 bits per heavy atom. The molecule has 1 amide bonds. The number of nitrogens with two attached hydrogens (primary N) is 1. The largest absolute Gasteiger partial charge is 0.480 e. The molecule has 1 rings (SSSR count). The van der Waals surface area contributed by atoms with Crippen LogP contribution in [-0.2, 0) is 4.79 Å². The second-order valence-electron chi connectivity index (χ2n) is 4.11. The lowest BCUT2D eigenvalue weighted by atomic mass is 10.1. The lowest BCUT2D eigenvalue weighted by Gasteiger charge is -2.23. The van der Waals surface area contributed by atoms with Crippen LogP contribution in [0.3, 0.4) is 0 Å². The molecule has 6 heteroatoms. The zero-order chi connectivity index (χ0) is 13.2. The van der Waals surface area contributed by atoms with Crippen LogP contribution < -0.4 is 11.1 Å². The highest BCUT2D eigenvalue weighted by atomic mass is 35.5. The van der Waals surface area contributed by atoms with Gasteiger partial charge < -0.3 is 16.2 Å². The molecule has 5 nitrogen and oxygen atoms in total. The predicted octanol–water partition coefficient (Wildman–Crippen LogP) is 1.71. The van der Waals surface area contributed by atoms with Gasteiger partial charge in [-0.05, 0) is 32.0 Å². The van der Waals surface area contributed by atoms with E-state index in [9.17, 15) is 9.59 Å². The van der Waals surface area contributed by atoms with Gasteiger partial charge in [-0.15, -0.1) is 0 Å². The molecule has 0 bridgehead atoms. The Morgan fingerprint density at radius 1 is 1.41 bits per heavy atom. The number of carboxylic acids is 1. The summed E-state index contributed by atoms with van der Waals surface area (Å²) < 4.78 is 0. The van der Waals surface area contributed by atoms with E-state index < -0.39 is 17.4 Å². The summed E-state index contributed by atoms with van der Waals surface area (Å²) in [5.41, 5.74) is 4.65. The van der Waals surface area contributed by atoms with Crippen LogP contribution in [0.15, 0.2) is 18.2 Å². The highest BCUT2D eigenvalue weighted by Gasteiger charge is 2.27. The summed E-state index contributed by atoms with van der Waals surface area (Å²) in [5, 5.41) is 12.0. The van der Waals surface area contributed by atoms with Crippen molar-refractivity contribution in [1.82, 2.24) is 0 Å². The maximum absolute atomic E-state index is 10.9. The summed E-state index contributed by atoms with van der Waals surface area (Å²) in [4.78, 5) is 21.8. The summed E-state index contributed by atoms with van der Waals surface area (Å²) in [6.45, 7) is 3.02. The number of carbonyl (C=O) groups is 2. The Kier molecular flexibility index (Phi) is 3.63. The van der Waals surface area contributed by atoms with Gasteiger partial charge in [-0.2, -0.15) is 0 Å². The second kappa shape index (κ2) is 4.63. The molecular weight excluding hydrogens is 244 g/mol. The van der Waals surface area contributed by atoms with E-state index in [1.54, 1.807) is 0 Å². The molecule has 1 aromatic carbocycles. The number of hydrogen-bond acceptors (Lipinski definition) is 3. The fraction of sp³-hybridized carbons (Fsp3) is 0.273. The standard InChI is InChI=1S/C11H13ClN2O3/c1-11(2,10(16)17)14-8-4-3-6(9(13)15)5-7(8)12/h3-5,14H,1-2H3,(H2,13,15)(H,16,17). The van der Waals surface area contributed by atoms with Crippen molar-refractivity contribution in [2.24, 2.45) is 5.73 Å². The monoisotopic (exact) mass is 256 g/mol. The summed E-state index contributed by atoms with van der Waals surface area (Å²) in [6.07, 6.45) is 0. The molecule has 0 unspecified atom stereocenters. The van der Waals surface area contributed by atoms with Crippen LogP contribution in [0.4, 0.5) is 5.69 Å². The summed E-state index contributed by atoms with van der Waals surface area (Å²) >= 11 is 5.92. The minimum atomic E-state index is -1.15. The van der Waals surface area contributed by atoms with Gasteiger partial charge in [0.15, 0.2) is 0 Å². The second-order valence-corrected chi connectivity index (χ2v) is 4.52. The molecule has 0 spiro atoms. The zero-order valence-corrected chi connectivity index (χ0v) is 10.2. The average molecular weight is 257 g/mol. The molecule has 0 radical (unpaired) electrons. The van der Waals surface area contributed by atoms with Gasteiger partial charge in [0.2, 0.25) is 5.91 Å². The number of aliphatic carboxylic acids is 1. The third-order valence-corrected chi connectivity index (χ3v) is 2.55. The van der Waals surface area contributed by atoms with E-state index in [4.69, 9.17) is 22.4 Å². The van der Waals surface area contributed by atoms with E-state index in [0.717, 1.165) is 0 Å². The molecule has 17 heavy (non-hydrogen) atoms. The minimum absolute atomic E-state index is 0.246. The highest BCUT2D eigenvalue weighted by molar-refractivity contribution is 6.33. The van der Waals surface area contributed by atoms with E-state index in [1.165, 1.54) is 32.0 Å². The third-order valence-electron chi connectivity index (χ3n) is 2.24. The first-order chi connectivity index (χ1) is 7.74. The number of hydrogen-bond donors (Lipinski definition) is 3. The van der Waals surface area contributed by atoms with E-state index in [-0.39, 0.29) is 10.6 Å². The van der Waals surface area contributed by atoms with Crippen molar-refractivity contribution in [3.05, 3.63) is 28.8 Å². The lowest BCUT2D eigenvalue weighted by Crippen LogP contribution is -2.40. The van der Waals surface area contributed by atoms with Crippen molar-refractivity contribution in [2.75, 3.05) is 5.32 Å². The topological polar surface area (TPSA) is 92.4 Å². The number of carbonyl (C=O) groups excluding carboxylic acids is 1. The Balaban J connectivity index is 3.02. The molecule has 0 saturated heterocycles. The van der Waals surface area contributed by atoms with E-state index in [0.29, 0.717) is 5.69 Å². The SMILES string of the molecule is CC(C)(Nc1ccc(C(N)=O)cc1Cl)C(=O)O. The Bertz CT molecular complexity index is 472. The molecule has 0 aliphatic heterocycles. The molecule has 4 N–H and O–H groups in total. The highest BCUT2D eigenvalue weighted by Crippen LogP contribution is 2.26. The van der Waals surface area contributed by atoms with Crippen molar-refractivity contribution in [1.29, 1.82) is 0 Å². The fourth-order valence-corrected chi connectivity index (χ4v) is 1.39. The number of carboxylic acid groups (broad SMARTS) is 1. The summed E-state index contributed by atoms with van der Waals surface area (Å²) in [6, 6.07) is 4.39. The molecule has 0 saturated carbocycles. The molecule has 0 atom stereocenters. The van der Waals surface area contributed by atoms with E-state index in [2.05, 4.69) is 5.32 Å². The van der Waals surface area contributed by atoms with Crippen LogP contribution in [-0.4, -0.2) is 22.5 Å². The van der Waals surface area contributed by atoms with Crippen LogP contribution in [0.2, 0.25) is 5.02 Å². The average Bonchev–Trinajstić information content (AvgIpc) is 2.20. The number of rotatable bonds is 4. The summed E-state index contributed by atoms with van der Waals surface area (Å²) in [5.74, 6) is -1.59. The molecule has 1 aromatic rings. The molecule has 0 aliphatic rings. The van der Waals surface area contributed by atoms with Crippen molar-refractivity contribution in [2.45, 2.75) is 19.4 Å². The van der Waals surface area contributed by atoms with Crippen LogP contribution >= 0.6 is 11.6 Å². The molecular formula is C11H13ClN2O3. The van der Waals surface area contributed by atoms with E-state index >= 15 is 0 Å². The first-order valence-corrected chi connectivity index (χ1v) is 5.23. The maximum Gasteiger partial charge on any atom is 0.328 e. The van der Waals surface area contributed by atoms with Crippen molar-refractivity contribution in [3.63, 3.8) is 0 Å². The predicted molar refractivity (Wildman–Crippen MR) is 65.3 cm³/mol. The van der Waals surface area contributed by atoms with Gasteiger partial charge in [-0.25, -0.2) is 4.79 Å². The normalized spacial score (nSPS) is 11.0. The molecule has 0 aliphatic carbocycles. The van der Waals surface area contributed by atoms with E-state index in [1.807, 2.05) is 0 Å². The Labute approximate surface area is 104 Å². The Morgan fingerprint density at radius 2 is 2.00 bits per heavy atom. The van der Waals surface area contributed by atoms with Gasteiger partial charge in [-0.1, -0.05) is 11.6 Å². The van der Waals surface area contributed by atoms with Crippen molar-refractivity contribution >= 4 is 29.2 Å². The number of benzene rings is 1. The molecule has 0 aromatic heterocycles. The number of primary amides is 1. The Hall–Kier alpha value is -1.75. The van der Waals surface area contributed by atoms with Crippen LogP contribution in [0.25, 0.3) is 0 Å². The van der Waals surface area contributed by atoms with Crippen LogP contribution in [0.5, 0.6) is 0 Å². The molecule has 92 valence electrons. The zero-order valence-electron chi connectivity index (χ0n) is 9.45. The first-order valence-electron chi connectivity index (χ1n) is 4.85. The molecule has 0 fully saturated rings. The van der Waals surface area contributed by atoms with Gasteiger partial charge in [0.1, 0.15) is 5.54 Å².